The zero-order chi connectivity index (χ0) is 16.8. The molecule has 116 valence electrons. The number of hydrogen-bond donors (Lipinski definition) is 2. The Morgan fingerprint density at radius 1 is 1.35 bits per heavy atom. The van der Waals surface area contributed by atoms with Gasteiger partial charge in [0.25, 0.3) is 5.69 Å². The molecule has 0 spiro atoms. The molecule has 0 radical (unpaired) electrons. The first-order chi connectivity index (χ1) is 11.0. The number of rotatable bonds is 4. The summed E-state index contributed by atoms with van der Waals surface area (Å²) in [5.41, 5.74) is 0.205. The Hall–Kier alpha value is -3.74. The van der Waals surface area contributed by atoms with Crippen molar-refractivity contribution in [3.05, 3.63) is 46.4 Å². The van der Waals surface area contributed by atoms with Crippen molar-refractivity contribution in [3.63, 3.8) is 0 Å². The van der Waals surface area contributed by atoms with Crippen LogP contribution in [0.1, 0.15) is 5.69 Å². The molecule has 10 heteroatoms. The number of carbonyl (C=O) groups is 1. The second-order valence-corrected chi connectivity index (χ2v) is 4.12. The number of ether oxygens (including phenoxy) is 1. The minimum Gasteiger partial charge on any atom is -0.494 e. The Morgan fingerprint density at radius 3 is 2.70 bits per heavy atom. The van der Waals surface area contributed by atoms with E-state index in [1.807, 2.05) is 0 Å². The Labute approximate surface area is 129 Å². The molecule has 0 fully saturated rings. The van der Waals surface area contributed by atoms with Crippen LogP contribution in [0, 0.1) is 21.4 Å². The number of nitrogens with one attached hydrogen (secondary N) is 2. The fourth-order valence-corrected chi connectivity index (χ4v) is 1.62. The van der Waals surface area contributed by atoms with Crippen LogP contribution in [0.15, 0.2) is 30.6 Å². The van der Waals surface area contributed by atoms with Crippen LogP contribution in [0.4, 0.5) is 22.0 Å². The second-order valence-electron chi connectivity index (χ2n) is 4.12. The van der Waals surface area contributed by atoms with Crippen LogP contribution in [0.2, 0.25) is 0 Å². The summed E-state index contributed by atoms with van der Waals surface area (Å²) in [6, 6.07) is 4.94. The summed E-state index contributed by atoms with van der Waals surface area (Å²) in [5, 5.41) is 24.2. The van der Waals surface area contributed by atoms with E-state index in [2.05, 4.69) is 20.6 Å². The number of nitriles is 1. The summed E-state index contributed by atoms with van der Waals surface area (Å²) in [5.74, 6) is 0.280. The molecule has 10 nitrogen and oxygen atoms in total. The molecule has 0 unspecified atom stereocenters. The smallest absolute Gasteiger partial charge is 0.324 e. The number of methoxy groups -OCH3 is 1. The molecule has 2 N–H and O–H groups in total. The summed E-state index contributed by atoms with van der Waals surface area (Å²) in [6.07, 6.45) is 2.44. The molecule has 0 aliphatic heterocycles. The van der Waals surface area contributed by atoms with Gasteiger partial charge >= 0.3 is 6.03 Å². The highest BCUT2D eigenvalue weighted by Gasteiger charge is 2.13. The summed E-state index contributed by atoms with van der Waals surface area (Å²) in [4.78, 5) is 29.6. The number of non-ortho nitro benzene ring substituents is 1. The average molecular weight is 314 g/mol. The molecule has 0 aliphatic rings. The number of nitro benzene ring substituents is 1. The Balaban J connectivity index is 2.10. The molecule has 0 atom stereocenters. The Kier molecular flexibility index (Phi) is 4.63. The molecule has 1 heterocycles. The summed E-state index contributed by atoms with van der Waals surface area (Å²) in [7, 11) is 1.33. The van der Waals surface area contributed by atoms with Crippen LogP contribution in [-0.2, 0) is 0 Å². The van der Waals surface area contributed by atoms with E-state index in [0.717, 1.165) is 0 Å². The van der Waals surface area contributed by atoms with Crippen molar-refractivity contribution in [2.24, 2.45) is 0 Å². The number of aromatic nitrogens is 2. The topological polar surface area (TPSA) is 143 Å². The average Bonchev–Trinajstić information content (AvgIpc) is 2.55. The van der Waals surface area contributed by atoms with E-state index >= 15 is 0 Å². The quantitative estimate of drug-likeness (QED) is 0.648. The van der Waals surface area contributed by atoms with Gasteiger partial charge in [0.2, 0.25) is 0 Å². The van der Waals surface area contributed by atoms with Gasteiger partial charge in [0.05, 0.1) is 36.2 Å². The molecule has 0 saturated carbocycles. The van der Waals surface area contributed by atoms with E-state index in [-0.39, 0.29) is 28.6 Å². The van der Waals surface area contributed by atoms with Gasteiger partial charge in [-0.1, -0.05) is 0 Å². The lowest BCUT2D eigenvalue weighted by Crippen LogP contribution is -2.20. The predicted octanol–water partition coefficient (Wildman–Crippen LogP) is 1.91. The van der Waals surface area contributed by atoms with Crippen LogP contribution in [0.25, 0.3) is 0 Å². The predicted molar refractivity (Wildman–Crippen MR) is 79.0 cm³/mol. The van der Waals surface area contributed by atoms with E-state index in [4.69, 9.17) is 10.00 Å². The van der Waals surface area contributed by atoms with E-state index < -0.39 is 11.0 Å². The molecule has 0 bridgehead atoms. The van der Waals surface area contributed by atoms with Gasteiger partial charge in [0, 0.05) is 6.07 Å². The number of carbonyl (C=O) groups excluding carboxylic acids is 1. The first kappa shape index (κ1) is 15.6. The third-order valence-corrected chi connectivity index (χ3v) is 2.65. The van der Waals surface area contributed by atoms with Crippen LogP contribution < -0.4 is 15.4 Å². The standard InChI is InChI=1S/C13H10N6O4/c1-23-11-4-9(19(21)22)2-3-10(11)17-13(20)18-12-7-15-8(5-14)6-16-12/h2-4,6-7H,1H3,(H2,16,17,18,20). The second kappa shape index (κ2) is 6.81. The Bertz CT molecular complexity index is 784. The normalized spacial score (nSPS) is 9.57. The summed E-state index contributed by atoms with van der Waals surface area (Å²) < 4.78 is 5.01. The Morgan fingerprint density at radius 2 is 2.13 bits per heavy atom. The molecule has 1 aromatic carbocycles. The minimum atomic E-state index is -0.642. The first-order valence-corrected chi connectivity index (χ1v) is 6.16. The van der Waals surface area contributed by atoms with Crippen molar-refractivity contribution in [1.82, 2.24) is 9.97 Å². The van der Waals surface area contributed by atoms with Crippen molar-refractivity contribution < 1.29 is 14.5 Å². The lowest BCUT2D eigenvalue weighted by Gasteiger charge is -2.10. The molecular formula is C13H10N6O4. The minimum absolute atomic E-state index is 0.119. The van der Waals surface area contributed by atoms with Crippen molar-refractivity contribution in [3.8, 4) is 11.8 Å². The number of anilines is 2. The van der Waals surface area contributed by atoms with E-state index in [0.29, 0.717) is 0 Å². The highest BCUT2D eigenvalue weighted by Crippen LogP contribution is 2.28. The largest absolute Gasteiger partial charge is 0.494 e. The number of amides is 2. The lowest BCUT2D eigenvalue weighted by molar-refractivity contribution is -0.384. The SMILES string of the molecule is COc1cc([N+](=O)[O-])ccc1NC(=O)Nc1cnc(C#N)cn1. The van der Waals surface area contributed by atoms with Crippen molar-refractivity contribution >= 4 is 23.2 Å². The van der Waals surface area contributed by atoms with Gasteiger partial charge in [-0.15, -0.1) is 0 Å². The summed E-state index contributed by atoms with van der Waals surface area (Å²) >= 11 is 0. The number of hydrogen-bond acceptors (Lipinski definition) is 7. The number of nitrogens with zero attached hydrogens (tertiary/aromatic N) is 4. The molecule has 1 aromatic heterocycles. The zero-order valence-electron chi connectivity index (χ0n) is 11.8. The van der Waals surface area contributed by atoms with Gasteiger partial charge in [0.1, 0.15) is 11.8 Å². The van der Waals surface area contributed by atoms with Crippen molar-refractivity contribution in [1.29, 1.82) is 5.26 Å². The highest BCUT2D eigenvalue weighted by molar-refractivity contribution is 6.00. The molecule has 2 aromatic rings. The van der Waals surface area contributed by atoms with Gasteiger partial charge in [-0.2, -0.15) is 5.26 Å². The number of benzene rings is 1. The van der Waals surface area contributed by atoms with Gasteiger partial charge in [0.15, 0.2) is 11.5 Å². The van der Waals surface area contributed by atoms with Crippen LogP contribution in [0.3, 0.4) is 0 Å². The van der Waals surface area contributed by atoms with Gasteiger partial charge < -0.3 is 10.1 Å². The number of nitro groups is 1. The van der Waals surface area contributed by atoms with Crippen molar-refractivity contribution in [2.45, 2.75) is 0 Å². The number of urea groups is 1. The third-order valence-electron chi connectivity index (χ3n) is 2.65. The fraction of sp³-hybridized carbons (Fsp3) is 0.0769. The molecular weight excluding hydrogens is 304 g/mol. The monoisotopic (exact) mass is 314 g/mol. The molecule has 2 rings (SSSR count). The van der Waals surface area contributed by atoms with Crippen LogP contribution >= 0.6 is 0 Å². The van der Waals surface area contributed by atoms with Crippen molar-refractivity contribution in [2.75, 3.05) is 17.7 Å². The lowest BCUT2D eigenvalue weighted by atomic mass is 10.2. The fourth-order valence-electron chi connectivity index (χ4n) is 1.62. The molecule has 0 saturated heterocycles. The molecule has 0 aliphatic carbocycles. The van der Waals surface area contributed by atoms with E-state index in [9.17, 15) is 14.9 Å². The maximum Gasteiger partial charge on any atom is 0.324 e. The molecule has 2 amide bonds. The third kappa shape index (κ3) is 3.88. The maximum atomic E-state index is 11.9. The van der Waals surface area contributed by atoms with E-state index in [1.54, 1.807) is 6.07 Å². The van der Waals surface area contributed by atoms with Crippen LogP contribution in [0.5, 0.6) is 5.75 Å². The van der Waals surface area contributed by atoms with E-state index in [1.165, 1.54) is 37.7 Å². The van der Waals surface area contributed by atoms with Crippen LogP contribution in [-0.4, -0.2) is 28.0 Å². The highest BCUT2D eigenvalue weighted by atomic mass is 16.6. The maximum absolute atomic E-state index is 11.9. The van der Waals surface area contributed by atoms with Gasteiger partial charge in [-0.25, -0.2) is 14.8 Å². The summed E-state index contributed by atoms with van der Waals surface area (Å²) in [6.45, 7) is 0. The van der Waals surface area contributed by atoms with Gasteiger partial charge in [-0.3, -0.25) is 15.4 Å². The molecule has 23 heavy (non-hydrogen) atoms. The first-order valence-electron chi connectivity index (χ1n) is 6.16. The van der Waals surface area contributed by atoms with Gasteiger partial charge in [-0.05, 0) is 6.07 Å². The zero-order valence-corrected chi connectivity index (χ0v) is 11.8.